The van der Waals surface area contributed by atoms with Gasteiger partial charge in [-0.05, 0) is 99.3 Å². The maximum atomic E-state index is 11.2. The minimum absolute atomic E-state index is 0. The standard InChI is InChI=1S/C24H43NO.C4H11N.C3H8.CH4/c1-5-7-8-15(3)12-20-18(6-2)24-21(14-23(20)26)19-10-9-16(4)11-17(19)13-22(24)25;1-4(2)5-3;1-3-2;/h5,15-24,26H,1,6-14,25H2,2-4H3;4-5H,1-3H3;3H2,1-2H3;1H4. The summed E-state index contributed by atoms with van der Waals surface area (Å²) in [6, 6.07) is 0.991. The molecule has 3 saturated carbocycles. The second-order valence-corrected chi connectivity index (χ2v) is 12.4. The van der Waals surface area contributed by atoms with Crippen molar-refractivity contribution in [1.29, 1.82) is 0 Å². The van der Waals surface area contributed by atoms with Crippen LogP contribution in [0.2, 0.25) is 0 Å². The fourth-order valence-corrected chi connectivity index (χ4v) is 7.35. The van der Waals surface area contributed by atoms with Gasteiger partial charge in [0, 0.05) is 12.1 Å². The van der Waals surface area contributed by atoms with Crippen LogP contribution in [0.15, 0.2) is 12.7 Å². The van der Waals surface area contributed by atoms with Crippen molar-refractivity contribution in [3.63, 3.8) is 0 Å². The number of hydrogen-bond acceptors (Lipinski definition) is 3. The van der Waals surface area contributed by atoms with Gasteiger partial charge >= 0.3 is 0 Å². The summed E-state index contributed by atoms with van der Waals surface area (Å²) in [7, 11) is 1.95. The molecule has 0 aliphatic heterocycles. The molecular weight excluding hydrogens is 428 g/mol. The van der Waals surface area contributed by atoms with Crippen LogP contribution in [0.5, 0.6) is 0 Å². The van der Waals surface area contributed by atoms with Gasteiger partial charge in [-0.25, -0.2) is 0 Å². The Hall–Kier alpha value is -0.380. The molecule has 0 amide bonds. The fourth-order valence-electron chi connectivity index (χ4n) is 7.35. The van der Waals surface area contributed by atoms with Crippen molar-refractivity contribution in [2.24, 2.45) is 53.1 Å². The SMILES string of the molecule is C.C=CCCC(C)CC1C(O)CC2C3CCC(C)CC3CC(N)C2C1CC.CCC.CNC(C)C. The molecule has 3 nitrogen and oxygen atoms in total. The molecule has 3 heteroatoms. The highest BCUT2D eigenvalue weighted by Crippen LogP contribution is 2.56. The van der Waals surface area contributed by atoms with E-state index in [9.17, 15) is 5.11 Å². The predicted molar refractivity (Wildman–Crippen MR) is 158 cm³/mol. The topological polar surface area (TPSA) is 58.3 Å². The van der Waals surface area contributed by atoms with Crippen LogP contribution in [0.4, 0.5) is 0 Å². The van der Waals surface area contributed by atoms with Gasteiger partial charge in [-0.2, -0.15) is 0 Å². The number of allylic oxidation sites excluding steroid dienone is 1. The third kappa shape index (κ3) is 10.5. The highest BCUT2D eigenvalue weighted by atomic mass is 16.3. The van der Waals surface area contributed by atoms with Crippen molar-refractivity contribution >= 4 is 0 Å². The first-order valence-electron chi connectivity index (χ1n) is 14.9. The molecule has 0 radical (unpaired) electrons. The number of nitrogens with one attached hydrogen (secondary N) is 1. The molecular formula is C32H66N2O. The van der Waals surface area contributed by atoms with Crippen LogP contribution in [0.1, 0.15) is 120 Å². The fraction of sp³-hybridized carbons (Fsp3) is 0.938. The second kappa shape index (κ2) is 18.0. The van der Waals surface area contributed by atoms with E-state index < -0.39 is 0 Å². The van der Waals surface area contributed by atoms with E-state index in [-0.39, 0.29) is 13.5 Å². The van der Waals surface area contributed by atoms with Crippen LogP contribution in [-0.4, -0.2) is 30.3 Å². The smallest absolute Gasteiger partial charge is 0.0574 e. The molecule has 0 aromatic heterocycles. The van der Waals surface area contributed by atoms with Crippen LogP contribution < -0.4 is 11.1 Å². The van der Waals surface area contributed by atoms with E-state index in [1.165, 1.54) is 44.9 Å². The Balaban J connectivity index is 0.00000112. The number of fused-ring (bicyclic) bond motifs is 3. The molecule has 35 heavy (non-hydrogen) atoms. The average Bonchev–Trinajstić information content (AvgIpc) is 2.79. The first kappa shape index (κ1) is 34.6. The van der Waals surface area contributed by atoms with E-state index in [4.69, 9.17) is 5.73 Å². The Morgan fingerprint density at radius 1 is 1.03 bits per heavy atom. The van der Waals surface area contributed by atoms with Crippen LogP contribution in [0.25, 0.3) is 0 Å². The average molecular weight is 495 g/mol. The Morgan fingerprint density at radius 3 is 2.14 bits per heavy atom. The lowest BCUT2D eigenvalue weighted by molar-refractivity contribution is -0.105. The van der Waals surface area contributed by atoms with Crippen LogP contribution in [0.3, 0.4) is 0 Å². The van der Waals surface area contributed by atoms with E-state index in [0.717, 1.165) is 37.0 Å². The first-order chi connectivity index (χ1) is 16.1. The molecule has 0 spiro atoms. The largest absolute Gasteiger partial charge is 0.393 e. The van der Waals surface area contributed by atoms with Crippen LogP contribution >= 0.6 is 0 Å². The van der Waals surface area contributed by atoms with Crippen molar-refractivity contribution in [2.45, 2.75) is 138 Å². The minimum Gasteiger partial charge on any atom is -0.393 e. The number of aliphatic hydroxyl groups is 1. The van der Waals surface area contributed by atoms with E-state index in [1.807, 2.05) is 13.1 Å². The molecule has 0 aromatic carbocycles. The summed E-state index contributed by atoms with van der Waals surface area (Å²) in [6.45, 7) is 19.4. The Bertz CT molecular complexity index is 536. The van der Waals surface area contributed by atoms with E-state index >= 15 is 0 Å². The van der Waals surface area contributed by atoms with Gasteiger partial charge in [-0.1, -0.05) is 81.2 Å². The lowest BCUT2D eigenvalue weighted by Crippen LogP contribution is -2.57. The van der Waals surface area contributed by atoms with Gasteiger partial charge in [0.25, 0.3) is 0 Å². The van der Waals surface area contributed by atoms with Crippen molar-refractivity contribution in [3.05, 3.63) is 12.7 Å². The van der Waals surface area contributed by atoms with Gasteiger partial charge in [0.2, 0.25) is 0 Å². The molecule has 0 aromatic rings. The highest BCUT2D eigenvalue weighted by molar-refractivity contribution is 5.04. The zero-order valence-corrected chi connectivity index (χ0v) is 24.2. The molecule has 0 bridgehead atoms. The monoisotopic (exact) mass is 495 g/mol. The van der Waals surface area contributed by atoms with Gasteiger partial charge in [0.05, 0.1) is 6.10 Å². The number of rotatable bonds is 7. The summed E-state index contributed by atoms with van der Waals surface area (Å²) < 4.78 is 0. The Morgan fingerprint density at radius 2 is 1.63 bits per heavy atom. The summed E-state index contributed by atoms with van der Waals surface area (Å²) in [5.41, 5.74) is 6.83. The third-order valence-corrected chi connectivity index (χ3v) is 9.06. The summed E-state index contributed by atoms with van der Waals surface area (Å²) in [6.07, 6.45) is 14.2. The van der Waals surface area contributed by atoms with Crippen LogP contribution in [-0.2, 0) is 0 Å². The molecule has 0 heterocycles. The number of aliphatic hydroxyl groups excluding tert-OH is 1. The second-order valence-electron chi connectivity index (χ2n) is 12.4. The maximum Gasteiger partial charge on any atom is 0.0574 e. The van der Waals surface area contributed by atoms with Gasteiger partial charge in [0.15, 0.2) is 0 Å². The highest BCUT2D eigenvalue weighted by Gasteiger charge is 2.53. The lowest BCUT2D eigenvalue weighted by Gasteiger charge is -2.57. The summed E-state index contributed by atoms with van der Waals surface area (Å²) in [5.74, 6) is 5.58. The summed E-state index contributed by atoms with van der Waals surface area (Å²) >= 11 is 0. The molecule has 3 aliphatic rings. The molecule has 210 valence electrons. The van der Waals surface area contributed by atoms with E-state index in [2.05, 4.69) is 60.4 Å². The number of hydrogen-bond donors (Lipinski definition) is 3. The first-order valence-corrected chi connectivity index (χ1v) is 14.9. The lowest BCUT2D eigenvalue weighted by atomic mass is 9.50. The van der Waals surface area contributed by atoms with Crippen molar-refractivity contribution in [2.75, 3.05) is 7.05 Å². The molecule has 10 atom stereocenters. The molecule has 4 N–H and O–H groups in total. The Labute approximate surface area is 221 Å². The van der Waals surface area contributed by atoms with Crippen molar-refractivity contribution in [3.8, 4) is 0 Å². The normalized spacial score (nSPS) is 36.7. The van der Waals surface area contributed by atoms with Gasteiger partial charge < -0.3 is 16.2 Å². The van der Waals surface area contributed by atoms with Gasteiger partial charge in [-0.3, -0.25) is 0 Å². The zero-order chi connectivity index (χ0) is 25.8. The summed E-state index contributed by atoms with van der Waals surface area (Å²) in [4.78, 5) is 0. The molecule has 3 fully saturated rings. The van der Waals surface area contributed by atoms with Crippen molar-refractivity contribution < 1.29 is 5.11 Å². The summed E-state index contributed by atoms with van der Waals surface area (Å²) in [5, 5.41) is 14.2. The van der Waals surface area contributed by atoms with Gasteiger partial charge in [0.1, 0.15) is 0 Å². The molecule has 10 unspecified atom stereocenters. The molecule has 0 saturated heterocycles. The zero-order valence-electron chi connectivity index (χ0n) is 24.2. The Kier molecular flexibility index (Phi) is 17.8. The van der Waals surface area contributed by atoms with E-state index in [1.54, 1.807) is 0 Å². The van der Waals surface area contributed by atoms with E-state index in [0.29, 0.717) is 41.7 Å². The van der Waals surface area contributed by atoms with Crippen LogP contribution in [0, 0.1) is 47.3 Å². The minimum atomic E-state index is -0.113. The number of nitrogens with two attached hydrogens (primary N) is 1. The maximum absolute atomic E-state index is 11.2. The molecule has 3 rings (SSSR count). The van der Waals surface area contributed by atoms with Gasteiger partial charge in [-0.15, -0.1) is 6.58 Å². The molecule has 3 aliphatic carbocycles. The van der Waals surface area contributed by atoms with Crippen molar-refractivity contribution in [1.82, 2.24) is 5.32 Å². The quantitative estimate of drug-likeness (QED) is 0.314. The third-order valence-electron chi connectivity index (χ3n) is 9.06. The predicted octanol–water partition coefficient (Wildman–Crippen LogP) is 8.07.